The van der Waals surface area contributed by atoms with Gasteiger partial charge in [-0.2, -0.15) is 0 Å². The number of nitrogens with one attached hydrogen (secondary N) is 2. The van der Waals surface area contributed by atoms with Crippen LogP contribution in [0.25, 0.3) is 21.6 Å². The van der Waals surface area contributed by atoms with E-state index in [9.17, 15) is 14.4 Å². The molecule has 0 aliphatic rings. The minimum Gasteiger partial charge on any atom is -0.296 e. The van der Waals surface area contributed by atoms with E-state index >= 15 is 0 Å². The van der Waals surface area contributed by atoms with Gasteiger partial charge in [0.1, 0.15) is 5.01 Å². The van der Waals surface area contributed by atoms with E-state index in [0.717, 1.165) is 5.56 Å². The number of amides is 1. The number of fused-ring (bicyclic) bond motifs is 1. The van der Waals surface area contributed by atoms with Gasteiger partial charge in [-0.1, -0.05) is 62.4 Å². The summed E-state index contributed by atoms with van der Waals surface area (Å²) < 4.78 is 1.40. The van der Waals surface area contributed by atoms with Crippen molar-refractivity contribution in [3.63, 3.8) is 0 Å². The third kappa shape index (κ3) is 4.09. The molecule has 0 bridgehead atoms. The first-order valence-electron chi connectivity index (χ1n) is 10.3. The van der Waals surface area contributed by atoms with Gasteiger partial charge in [-0.25, -0.2) is 9.78 Å². The third-order valence-electron chi connectivity index (χ3n) is 4.92. The van der Waals surface area contributed by atoms with E-state index in [-0.39, 0.29) is 22.5 Å². The molecule has 9 nitrogen and oxygen atoms in total. The second kappa shape index (κ2) is 8.83. The Balaban J connectivity index is 1.80. The molecule has 10 heteroatoms. The standard InChI is InChI=1S/C22H22N6O3S/c1-4-10-28-17-16(19(30)25-22(28)31)14(11-15(23-17)12(2)3)18(29)24-21-27-26-20(32-21)13-8-6-5-7-9-13/h5-9,11-12H,4,10H2,1-3H3,(H,24,27,29)(H,25,30,31). The van der Waals surface area contributed by atoms with Crippen molar-refractivity contribution in [2.45, 2.75) is 39.7 Å². The fourth-order valence-electron chi connectivity index (χ4n) is 3.33. The Hall–Kier alpha value is -3.66. The molecule has 0 fully saturated rings. The number of anilines is 1. The Labute approximate surface area is 187 Å². The Morgan fingerprint density at radius 1 is 1.19 bits per heavy atom. The number of H-pyrrole nitrogens is 1. The number of carbonyl (C=O) groups excluding carboxylic acids is 1. The van der Waals surface area contributed by atoms with Crippen LogP contribution >= 0.6 is 11.3 Å². The van der Waals surface area contributed by atoms with Crippen molar-refractivity contribution in [3.05, 3.63) is 68.5 Å². The zero-order chi connectivity index (χ0) is 22.8. The van der Waals surface area contributed by atoms with E-state index in [1.54, 1.807) is 6.07 Å². The Bertz CT molecular complexity index is 1400. The summed E-state index contributed by atoms with van der Waals surface area (Å²) in [4.78, 5) is 45.1. The van der Waals surface area contributed by atoms with E-state index in [2.05, 4.69) is 25.5 Å². The summed E-state index contributed by atoms with van der Waals surface area (Å²) in [6.07, 6.45) is 0.670. The van der Waals surface area contributed by atoms with Crippen LogP contribution in [0, 0.1) is 0 Å². The molecular weight excluding hydrogens is 428 g/mol. The van der Waals surface area contributed by atoms with Gasteiger partial charge in [0.2, 0.25) is 5.13 Å². The highest BCUT2D eigenvalue weighted by molar-refractivity contribution is 7.18. The minimum absolute atomic E-state index is 0.0124. The van der Waals surface area contributed by atoms with Crippen molar-refractivity contribution in [2.75, 3.05) is 5.32 Å². The van der Waals surface area contributed by atoms with Gasteiger partial charge in [-0.3, -0.25) is 24.5 Å². The van der Waals surface area contributed by atoms with Gasteiger partial charge < -0.3 is 0 Å². The highest BCUT2D eigenvalue weighted by Gasteiger charge is 2.21. The quantitative estimate of drug-likeness (QED) is 0.464. The highest BCUT2D eigenvalue weighted by atomic mass is 32.1. The number of benzene rings is 1. The van der Waals surface area contributed by atoms with Crippen LogP contribution in [-0.2, 0) is 6.54 Å². The van der Waals surface area contributed by atoms with Crippen LogP contribution in [0.1, 0.15) is 49.2 Å². The van der Waals surface area contributed by atoms with Crippen LogP contribution in [0.2, 0.25) is 0 Å². The molecule has 2 N–H and O–H groups in total. The Morgan fingerprint density at radius 2 is 1.94 bits per heavy atom. The average molecular weight is 451 g/mol. The maximum absolute atomic E-state index is 13.2. The van der Waals surface area contributed by atoms with Crippen LogP contribution in [0.3, 0.4) is 0 Å². The molecule has 1 amide bonds. The number of aromatic nitrogens is 5. The molecule has 4 aromatic rings. The van der Waals surface area contributed by atoms with Gasteiger partial charge >= 0.3 is 5.69 Å². The largest absolute Gasteiger partial charge is 0.329 e. The van der Waals surface area contributed by atoms with Crippen LogP contribution in [0.5, 0.6) is 0 Å². The number of nitrogens with zero attached hydrogens (tertiary/aromatic N) is 4. The number of hydrogen-bond acceptors (Lipinski definition) is 7. The molecule has 0 radical (unpaired) electrons. The lowest BCUT2D eigenvalue weighted by molar-refractivity contribution is 0.102. The summed E-state index contributed by atoms with van der Waals surface area (Å²) in [5.74, 6) is -0.524. The molecule has 0 aliphatic carbocycles. The molecule has 0 saturated carbocycles. The summed E-state index contributed by atoms with van der Waals surface area (Å²) in [7, 11) is 0. The average Bonchev–Trinajstić information content (AvgIpc) is 3.24. The molecule has 0 aliphatic heterocycles. The molecule has 0 atom stereocenters. The fraction of sp³-hybridized carbons (Fsp3) is 0.273. The molecule has 3 heterocycles. The summed E-state index contributed by atoms with van der Waals surface area (Å²) in [5.41, 5.74) is 0.662. The van der Waals surface area contributed by atoms with Crippen LogP contribution in [0.4, 0.5) is 5.13 Å². The summed E-state index contributed by atoms with van der Waals surface area (Å²) >= 11 is 1.23. The van der Waals surface area contributed by atoms with E-state index in [0.29, 0.717) is 28.8 Å². The fourth-order valence-corrected chi connectivity index (χ4v) is 4.08. The predicted molar refractivity (Wildman–Crippen MR) is 124 cm³/mol. The number of rotatable bonds is 6. The van der Waals surface area contributed by atoms with Crippen LogP contribution < -0.4 is 16.6 Å². The zero-order valence-corrected chi connectivity index (χ0v) is 18.7. The Kier molecular flexibility index (Phi) is 5.95. The number of aromatic amines is 1. The smallest absolute Gasteiger partial charge is 0.296 e. The molecule has 164 valence electrons. The molecule has 32 heavy (non-hydrogen) atoms. The Morgan fingerprint density at radius 3 is 2.62 bits per heavy atom. The summed E-state index contributed by atoms with van der Waals surface area (Å²) in [6.45, 7) is 6.16. The monoisotopic (exact) mass is 450 g/mol. The van der Waals surface area contributed by atoms with Crippen molar-refractivity contribution < 1.29 is 4.79 Å². The maximum atomic E-state index is 13.2. The molecule has 4 rings (SSSR count). The van der Waals surface area contributed by atoms with Crippen molar-refractivity contribution in [1.82, 2.24) is 24.7 Å². The van der Waals surface area contributed by atoms with Gasteiger partial charge in [0, 0.05) is 17.8 Å². The zero-order valence-electron chi connectivity index (χ0n) is 17.9. The van der Waals surface area contributed by atoms with Crippen molar-refractivity contribution in [3.8, 4) is 10.6 Å². The van der Waals surface area contributed by atoms with E-state index < -0.39 is 17.2 Å². The van der Waals surface area contributed by atoms with E-state index in [1.807, 2.05) is 51.1 Å². The normalized spacial score (nSPS) is 11.2. The first-order valence-corrected chi connectivity index (χ1v) is 11.1. The molecule has 0 unspecified atom stereocenters. The van der Waals surface area contributed by atoms with Gasteiger partial charge in [-0.15, -0.1) is 10.2 Å². The highest BCUT2D eigenvalue weighted by Crippen LogP contribution is 2.27. The lowest BCUT2D eigenvalue weighted by atomic mass is 10.0. The summed E-state index contributed by atoms with van der Waals surface area (Å²) in [5, 5.41) is 12.0. The van der Waals surface area contributed by atoms with Crippen molar-refractivity contribution in [1.29, 1.82) is 0 Å². The SMILES string of the molecule is CCCn1c(=O)[nH]c(=O)c2c(C(=O)Nc3nnc(-c4ccccc4)s3)cc(C(C)C)nc21. The lowest BCUT2D eigenvalue weighted by Gasteiger charge is -2.14. The predicted octanol–water partition coefficient (Wildman–Crippen LogP) is 3.39. The van der Waals surface area contributed by atoms with Gasteiger partial charge in [0.25, 0.3) is 11.5 Å². The minimum atomic E-state index is -0.646. The number of carbonyl (C=O) groups is 1. The van der Waals surface area contributed by atoms with E-state index in [4.69, 9.17) is 0 Å². The number of hydrogen-bond donors (Lipinski definition) is 2. The first-order chi connectivity index (χ1) is 15.4. The van der Waals surface area contributed by atoms with Gasteiger partial charge in [0.15, 0.2) is 5.65 Å². The lowest BCUT2D eigenvalue weighted by Crippen LogP contribution is -2.32. The maximum Gasteiger partial charge on any atom is 0.329 e. The second-order valence-corrected chi connectivity index (χ2v) is 8.57. The van der Waals surface area contributed by atoms with Crippen LogP contribution in [-0.4, -0.2) is 30.6 Å². The number of pyridine rings is 1. The molecule has 0 saturated heterocycles. The molecular formula is C22H22N6O3S. The van der Waals surface area contributed by atoms with Crippen molar-refractivity contribution >= 4 is 33.4 Å². The van der Waals surface area contributed by atoms with Crippen molar-refractivity contribution in [2.24, 2.45) is 0 Å². The number of aryl methyl sites for hydroxylation is 1. The third-order valence-corrected chi connectivity index (χ3v) is 5.81. The topological polar surface area (TPSA) is 123 Å². The van der Waals surface area contributed by atoms with E-state index in [1.165, 1.54) is 15.9 Å². The van der Waals surface area contributed by atoms with Crippen LogP contribution in [0.15, 0.2) is 46.0 Å². The molecule has 1 aromatic carbocycles. The second-order valence-electron chi connectivity index (χ2n) is 7.59. The molecule has 0 spiro atoms. The van der Waals surface area contributed by atoms with Gasteiger partial charge in [0.05, 0.1) is 10.9 Å². The molecule has 3 aromatic heterocycles. The first kappa shape index (κ1) is 21.6. The summed E-state index contributed by atoms with van der Waals surface area (Å²) in [6, 6.07) is 11.1. The van der Waals surface area contributed by atoms with Gasteiger partial charge in [-0.05, 0) is 18.4 Å².